The Bertz CT molecular complexity index is 60.5. The van der Waals surface area contributed by atoms with Gasteiger partial charge in [0.15, 0.2) is 0 Å². The van der Waals surface area contributed by atoms with Gasteiger partial charge in [0.1, 0.15) is 0 Å². The number of halogens is 2. The lowest BCUT2D eigenvalue weighted by Crippen LogP contribution is -2.01. The summed E-state index contributed by atoms with van der Waals surface area (Å²) in [5.41, 5.74) is 0.807. The first kappa shape index (κ1) is 6.58. The van der Waals surface area contributed by atoms with E-state index in [1.807, 2.05) is 0 Å². The van der Waals surface area contributed by atoms with Crippen molar-refractivity contribution in [3.8, 4) is 0 Å². The summed E-state index contributed by atoms with van der Waals surface area (Å²) in [5.74, 6) is 0. The molecule has 0 aliphatic heterocycles. The zero-order valence-electron chi connectivity index (χ0n) is 4.08. The second-order valence-corrected chi connectivity index (χ2v) is 3.79. The van der Waals surface area contributed by atoms with Crippen LogP contribution >= 0.6 is 45.2 Å². The molecule has 1 fully saturated rings. The topological polar surface area (TPSA) is 0 Å². The molecule has 0 aromatic rings. The van der Waals surface area contributed by atoms with E-state index in [2.05, 4.69) is 45.2 Å². The Morgan fingerprint density at radius 2 is 1.57 bits per heavy atom. The summed E-state index contributed by atoms with van der Waals surface area (Å²) in [4.78, 5) is 0. The minimum Gasteiger partial charge on any atom is -0.0857 e. The van der Waals surface area contributed by atoms with Crippen LogP contribution in [0.2, 0.25) is 0 Å². The van der Waals surface area contributed by atoms with Crippen LogP contribution in [-0.2, 0) is 0 Å². The van der Waals surface area contributed by atoms with Gasteiger partial charge in [-0.3, -0.25) is 0 Å². The number of alkyl halides is 2. The molecule has 0 amide bonds. The summed E-state index contributed by atoms with van der Waals surface area (Å²) in [6.45, 7) is 0. The molecule has 0 bridgehead atoms. The van der Waals surface area contributed by atoms with Gasteiger partial charge in [0.25, 0.3) is 0 Å². The molecular formula is C5H8I2. The molecule has 0 saturated heterocycles. The van der Waals surface area contributed by atoms with E-state index in [0.29, 0.717) is 0 Å². The Morgan fingerprint density at radius 1 is 1.14 bits per heavy atom. The predicted octanol–water partition coefficient (Wildman–Crippen LogP) is 2.64. The molecule has 0 radical (unpaired) electrons. The normalized spacial score (nSPS) is 24.9. The van der Waals surface area contributed by atoms with Gasteiger partial charge in [-0.1, -0.05) is 45.2 Å². The first-order valence-electron chi connectivity index (χ1n) is 2.45. The van der Waals surface area contributed by atoms with Crippen molar-refractivity contribution in [1.29, 1.82) is 0 Å². The van der Waals surface area contributed by atoms with Gasteiger partial charge >= 0.3 is 0 Å². The average Bonchev–Trinajstić information content (AvgIpc) is 2.46. The highest BCUT2D eigenvalue weighted by atomic mass is 127. The van der Waals surface area contributed by atoms with Crippen LogP contribution in [0, 0.1) is 5.41 Å². The summed E-state index contributed by atoms with van der Waals surface area (Å²) in [5, 5.41) is 0. The standard InChI is InChI=1S/C5H8I2/c6-3-5(4-7)1-2-5/h1-4H2. The van der Waals surface area contributed by atoms with Gasteiger partial charge < -0.3 is 0 Å². The Morgan fingerprint density at radius 3 is 1.57 bits per heavy atom. The Balaban J connectivity index is 2.28. The third kappa shape index (κ3) is 1.43. The molecule has 0 unspecified atom stereocenters. The van der Waals surface area contributed by atoms with E-state index in [4.69, 9.17) is 0 Å². The molecule has 0 aromatic heterocycles. The molecular weight excluding hydrogens is 314 g/mol. The predicted molar refractivity (Wildman–Crippen MR) is 49.4 cm³/mol. The van der Waals surface area contributed by atoms with Gasteiger partial charge in [-0.2, -0.15) is 0 Å². The maximum absolute atomic E-state index is 2.49. The smallest absolute Gasteiger partial charge is 0.00593 e. The number of hydrogen-bond donors (Lipinski definition) is 0. The number of hydrogen-bond acceptors (Lipinski definition) is 0. The van der Waals surface area contributed by atoms with Gasteiger partial charge in [-0.25, -0.2) is 0 Å². The minimum absolute atomic E-state index is 0.807. The van der Waals surface area contributed by atoms with Crippen molar-refractivity contribution in [3.63, 3.8) is 0 Å². The average molecular weight is 322 g/mol. The SMILES string of the molecule is ICC1(CI)CC1. The molecule has 1 aliphatic rings. The van der Waals surface area contributed by atoms with Crippen molar-refractivity contribution >= 4 is 45.2 Å². The van der Waals surface area contributed by atoms with Crippen LogP contribution in [0.1, 0.15) is 12.8 Å². The van der Waals surface area contributed by atoms with Crippen LogP contribution in [0.4, 0.5) is 0 Å². The van der Waals surface area contributed by atoms with Gasteiger partial charge in [0.2, 0.25) is 0 Å². The lowest BCUT2D eigenvalue weighted by atomic mass is 10.2. The van der Waals surface area contributed by atoms with Crippen LogP contribution < -0.4 is 0 Å². The summed E-state index contributed by atoms with van der Waals surface area (Å²) in [6.07, 6.45) is 2.97. The quantitative estimate of drug-likeness (QED) is 0.542. The summed E-state index contributed by atoms with van der Waals surface area (Å²) < 4.78 is 2.74. The molecule has 0 nitrogen and oxygen atoms in total. The van der Waals surface area contributed by atoms with Crippen molar-refractivity contribution < 1.29 is 0 Å². The fourth-order valence-corrected chi connectivity index (χ4v) is 3.58. The first-order chi connectivity index (χ1) is 3.33. The first-order valence-corrected chi connectivity index (χ1v) is 5.50. The van der Waals surface area contributed by atoms with Crippen molar-refractivity contribution in [3.05, 3.63) is 0 Å². The van der Waals surface area contributed by atoms with Gasteiger partial charge in [0, 0.05) is 8.86 Å². The molecule has 0 N–H and O–H groups in total. The highest BCUT2D eigenvalue weighted by Gasteiger charge is 2.39. The highest BCUT2D eigenvalue weighted by Crippen LogP contribution is 2.48. The van der Waals surface area contributed by atoms with Crippen molar-refractivity contribution in [2.24, 2.45) is 5.41 Å². The lowest BCUT2D eigenvalue weighted by Gasteiger charge is -2.01. The minimum atomic E-state index is 0.807. The van der Waals surface area contributed by atoms with Crippen molar-refractivity contribution in [1.82, 2.24) is 0 Å². The molecule has 1 saturated carbocycles. The monoisotopic (exact) mass is 322 g/mol. The van der Waals surface area contributed by atoms with Crippen LogP contribution in [0.15, 0.2) is 0 Å². The van der Waals surface area contributed by atoms with Crippen LogP contribution in [0.3, 0.4) is 0 Å². The van der Waals surface area contributed by atoms with Crippen molar-refractivity contribution in [2.75, 3.05) is 8.86 Å². The molecule has 1 aliphatic carbocycles. The Kier molecular flexibility index (Phi) is 2.23. The number of rotatable bonds is 2. The molecule has 0 atom stereocenters. The highest BCUT2D eigenvalue weighted by molar-refractivity contribution is 14.1. The molecule has 0 spiro atoms. The molecule has 2 heteroatoms. The summed E-state index contributed by atoms with van der Waals surface area (Å²) >= 11 is 4.98. The lowest BCUT2D eigenvalue weighted by molar-refractivity contribution is 0.706. The fourth-order valence-electron chi connectivity index (χ4n) is 0.480. The molecule has 0 heterocycles. The van der Waals surface area contributed by atoms with E-state index in [1.54, 1.807) is 0 Å². The van der Waals surface area contributed by atoms with E-state index in [1.165, 1.54) is 21.7 Å². The molecule has 0 aromatic carbocycles. The fraction of sp³-hybridized carbons (Fsp3) is 1.00. The zero-order valence-corrected chi connectivity index (χ0v) is 8.40. The van der Waals surface area contributed by atoms with Gasteiger partial charge in [0.05, 0.1) is 0 Å². The third-order valence-electron chi connectivity index (χ3n) is 1.52. The Labute approximate surface area is 71.7 Å². The molecule has 1 rings (SSSR count). The third-order valence-corrected chi connectivity index (χ3v) is 4.76. The summed E-state index contributed by atoms with van der Waals surface area (Å²) in [6, 6.07) is 0. The van der Waals surface area contributed by atoms with Gasteiger partial charge in [-0.15, -0.1) is 0 Å². The second kappa shape index (κ2) is 2.37. The molecule has 42 valence electrons. The van der Waals surface area contributed by atoms with E-state index < -0.39 is 0 Å². The van der Waals surface area contributed by atoms with Gasteiger partial charge in [-0.05, 0) is 18.3 Å². The summed E-state index contributed by atoms with van der Waals surface area (Å²) in [7, 11) is 0. The van der Waals surface area contributed by atoms with E-state index in [0.717, 1.165) is 5.41 Å². The maximum atomic E-state index is 2.49. The van der Waals surface area contributed by atoms with Crippen LogP contribution in [0.5, 0.6) is 0 Å². The van der Waals surface area contributed by atoms with E-state index >= 15 is 0 Å². The Hall–Kier alpha value is 1.46. The van der Waals surface area contributed by atoms with E-state index in [-0.39, 0.29) is 0 Å². The van der Waals surface area contributed by atoms with E-state index in [9.17, 15) is 0 Å². The van der Waals surface area contributed by atoms with Crippen LogP contribution in [0.25, 0.3) is 0 Å². The zero-order chi connectivity index (χ0) is 5.33. The largest absolute Gasteiger partial charge is 0.0857 e. The molecule has 7 heavy (non-hydrogen) atoms. The maximum Gasteiger partial charge on any atom is 0.00593 e. The second-order valence-electron chi connectivity index (χ2n) is 2.27. The van der Waals surface area contributed by atoms with Crippen LogP contribution in [-0.4, -0.2) is 8.86 Å². The van der Waals surface area contributed by atoms with Crippen molar-refractivity contribution in [2.45, 2.75) is 12.8 Å².